The highest BCUT2D eigenvalue weighted by Crippen LogP contribution is 2.40. The van der Waals surface area contributed by atoms with Crippen LogP contribution < -0.4 is 14.8 Å². The summed E-state index contributed by atoms with van der Waals surface area (Å²) in [5, 5.41) is 12.5. The second kappa shape index (κ2) is 14.5. The van der Waals surface area contributed by atoms with Crippen LogP contribution in [-0.4, -0.2) is 49.3 Å². The minimum absolute atomic E-state index is 0.00602. The molecule has 4 aromatic rings. The zero-order valence-electron chi connectivity index (χ0n) is 26.7. The van der Waals surface area contributed by atoms with E-state index in [1.54, 1.807) is 14.2 Å². The lowest BCUT2D eigenvalue weighted by Gasteiger charge is -2.39. The lowest BCUT2D eigenvalue weighted by molar-refractivity contribution is -0.253. The van der Waals surface area contributed by atoms with Crippen LogP contribution in [0.5, 0.6) is 11.5 Å². The molecule has 2 aliphatic rings. The number of hydrogen-bond acceptors (Lipinski definition) is 7. The first-order chi connectivity index (χ1) is 22.4. The lowest BCUT2D eigenvalue weighted by Crippen LogP contribution is -2.41. The van der Waals surface area contributed by atoms with Crippen molar-refractivity contribution in [2.24, 2.45) is 0 Å². The Hall–Kier alpha value is -4.21. The number of fused-ring (bicyclic) bond motifs is 1. The fourth-order valence-electron chi connectivity index (χ4n) is 6.37. The summed E-state index contributed by atoms with van der Waals surface area (Å²) in [6.07, 6.45) is 0.868. The summed E-state index contributed by atoms with van der Waals surface area (Å²) in [6.45, 7) is 4.51. The van der Waals surface area contributed by atoms with Crippen LogP contribution >= 0.6 is 0 Å². The van der Waals surface area contributed by atoms with Crippen LogP contribution in [0.15, 0.2) is 84.9 Å². The summed E-state index contributed by atoms with van der Waals surface area (Å²) in [4.78, 5) is 13.9. The molecule has 2 aliphatic heterocycles. The zero-order chi connectivity index (χ0) is 32.0. The molecule has 2 N–H and O–H groups in total. The Morgan fingerprint density at radius 1 is 0.870 bits per heavy atom. The molecule has 4 aromatic carbocycles. The SMILES string of the molecule is COc1cc2c(cc1OC)CN(C[C@H]1C[C@@H](c3ccc(CO)cc3)O[C@@H](c3cccc(-c4cccc(CNC(C)=O)c4)c3)O1)CC2. The molecule has 46 heavy (non-hydrogen) atoms. The van der Waals surface area contributed by atoms with Crippen molar-refractivity contribution in [2.75, 3.05) is 27.3 Å². The Morgan fingerprint density at radius 3 is 2.30 bits per heavy atom. The van der Waals surface area contributed by atoms with Crippen molar-refractivity contribution in [3.05, 3.63) is 118 Å². The molecule has 8 nitrogen and oxygen atoms in total. The van der Waals surface area contributed by atoms with Crippen molar-refractivity contribution in [1.82, 2.24) is 10.2 Å². The van der Waals surface area contributed by atoms with Crippen molar-refractivity contribution in [1.29, 1.82) is 0 Å². The van der Waals surface area contributed by atoms with E-state index in [2.05, 4.69) is 52.7 Å². The second-order valence-corrected chi connectivity index (χ2v) is 12.0. The highest BCUT2D eigenvalue weighted by molar-refractivity contribution is 5.73. The molecule has 0 saturated carbocycles. The predicted molar refractivity (Wildman–Crippen MR) is 176 cm³/mol. The van der Waals surface area contributed by atoms with Gasteiger partial charge in [0.15, 0.2) is 17.8 Å². The molecule has 0 aromatic heterocycles. The predicted octanol–water partition coefficient (Wildman–Crippen LogP) is 6.10. The summed E-state index contributed by atoms with van der Waals surface area (Å²) >= 11 is 0. The molecule has 1 saturated heterocycles. The second-order valence-electron chi connectivity index (χ2n) is 12.0. The number of carbonyl (C=O) groups excluding carboxylic acids is 1. The van der Waals surface area contributed by atoms with Crippen molar-refractivity contribution >= 4 is 5.91 Å². The molecule has 0 unspecified atom stereocenters. The smallest absolute Gasteiger partial charge is 0.217 e. The summed E-state index contributed by atoms with van der Waals surface area (Å²) < 4.78 is 24.5. The summed E-state index contributed by atoms with van der Waals surface area (Å²) in [5.41, 5.74) is 8.58. The van der Waals surface area contributed by atoms with Crippen LogP contribution in [0, 0.1) is 0 Å². The van der Waals surface area contributed by atoms with Crippen molar-refractivity contribution in [2.45, 2.75) is 58.0 Å². The maximum absolute atomic E-state index is 11.4. The van der Waals surface area contributed by atoms with Gasteiger partial charge in [-0.3, -0.25) is 9.69 Å². The number of amides is 1. The maximum atomic E-state index is 11.4. The van der Waals surface area contributed by atoms with E-state index >= 15 is 0 Å². The highest BCUT2D eigenvalue weighted by Gasteiger charge is 2.34. The molecule has 8 heteroatoms. The first-order valence-corrected chi connectivity index (χ1v) is 15.8. The molecular weight excluding hydrogens is 580 g/mol. The Bertz CT molecular complexity index is 1660. The molecule has 0 bridgehead atoms. The van der Waals surface area contributed by atoms with Crippen LogP contribution in [0.4, 0.5) is 0 Å². The van der Waals surface area contributed by atoms with Gasteiger partial charge in [-0.05, 0) is 69.6 Å². The zero-order valence-corrected chi connectivity index (χ0v) is 26.7. The Labute approximate surface area is 270 Å². The third-order valence-corrected chi connectivity index (χ3v) is 8.83. The molecule has 240 valence electrons. The van der Waals surface area contributed by atoms with E-state index in [-0.39, 0.29) is 24.7 Å². The number of ether oxygens (including phenoxy) is 4. The van der Waals surface area contributed by atoms with Gasteiger partial charge in [-0.2, -0.15) is 0 Å². The largest absolute Gasteiger partial charge is 0.493 e. The molecule has 0 aliphatic carbocycles. The maximum Gasteiger partial charge on any atom is 0.217 e. The Morgan fingerprint density at radius 2 is 1.59 bits per heavy atom. The third kappa shape index (κ3) is 7.43. The number of hydrogen-bond donors (Lipinski definition) is 2. The standard InChI is InChI=1S/C38H42N2O6/c1-25(42)39-21-27-6-4-7-29(16-27)30-8-5-9-32(17-30)38-45-34(20-35(46-38)28-12-10-26(24-41)11-13-28)23-40-15-14-31-18-36(43-2)37(44-3)19-33(31)22-40/h4-13,16-19,34-35,38,41H,14-15,20-24H2,1-3H3,(H,39,42)/t34-,35+,38+/m1/s1. The van der Waals surface area contributed by atoms with Crippen LogP contribution in [0.3, 0.4) is 0 Å². The number of nitrogens with zero attached hydrogens (tertiary/aromatic N) is 1. The molecule has 3 atom stereocenters. The topological polar surface area (TPSA) is 89.5 Å². The van der Waals surface area contributed by atoms with Gasteiger partial charge in [0.1, 0.15) is 0 Å². The van der Waals surface area contributed by atoms with E-state index < -0.39 is 6.29 Å². The van der Waals surface area contributed by atoms with Gasteiger partial charge in [-0.1, -0.05) is 60.7 Å². The highest BCUT2D eigenvalue weighted by atomic mass is 16.7. The van der Waals surface area contributed by atoms with Crippen molar-refractivity contribution < 1.29 is 28.8 Å². The van der Waals surface area contributed by atoms with E-state index in [1.165, 1.54) is 18.1 Å². The molecule has 1 fully saturated rings. The lowest BCUT2D eigenvalue weighted by atomic mass is 9.96. The van der Waals surface area contributed by atoms with Gasteiger partial charge >= 0.3 is 0 Å². The van der Waals surface area contributed by atoms with Gasteiger partial charge in [-0.15, -0.1) is 0 Å². The molecule has 6 rings (SSSR count). The van der Waals surface area contributed by atoms with Crippen molar-refractivity contribution in [3.8, 4) is 22.6 Å². The number of rotatable bonds is 10. The summed E-state index contributed by atoms with van der Waals surface area (Å²) in [7, 11) is 3.35. The quantitative estimate of drug-likeness (QED) is 0.221. The monoisotopic (exact) mass is 622 g/mol. The Kier molecular flexibility index (Phi) is 10.00. The van der Waals surface area contributed by atoms with Gasteiger partial charge in [0.2, 0.25) is 5.91 Å². The van der Waals surface area contributed by atoms with Gasteiger partial charge in [0.05, 0.1) is 33.0 Å². The number of aliphatic hydroxyl groups is 1. The molecule has 2 heterocycles. The van der Waals surface area contributed by atoms with Crippen LogP contribution in [0.1, 0.15) is 59.1 Å². The first kappa shape index (κ1) is 31.8. The van der Waals surface area contributed by atoms with Crippen molar-refractivity contribution in [3.63, 3.8) is 0 Å². The number of benzene rings is 4. The van der Waals surface area contributed by atoms with Crippen LogP contribution in [0.2, 0.25) is 0 Å². The van der Waals surface area contributed by atoms with E-state index in [4.69, 9.17) is 18.9 Å². The van der Waals surface area contributed by atoms with E-state index in [0.717, 1.165) is 77.4 Å². The summed E-state index contributed by atoms with van der Waals surface area (Å²) in [6, 6.07) is 28.7. The molecule has 1 amide bonds. The van der Waals surface area contributed by atoms with Crippen LogP contribution in [-0.2, 0) is 40.4 Å². The van der Waals surface area contributed by atoms with Crippen LogP contribution in [0.25, 0.3) is 11.1 Å². The van der Waals surface area contributed by atoms with Gasteiger partial charge < -0.3 is 29.4 Å². The van der Waals surface area contributed by atoms with Gasteiger partial charge in [0, 0.05) is 45.1 Å². The molecular formula is C38H42N2O6. The van der Waals surface area contributed by atoms with E-state index in [0.29, 0.717) is 6.54 Å². The minimum atomic E-state index is -0.551. The number of nitrogens with one attached hydrogen (secondary N) is 1. The van der Waals surface area contributed by atoms with Gasteiger partial charge in [-0.25, -0.2) is 0 Å². The minimum Gasteiger partial charge on any atom is -0.493 e. The fraction of sp³-hybridized carbons (Fsp3) is 0.342. The number of methoxy groups -OCH3 is 2. The number of carbonyl (C=O) groups is 1. The van der Waals surface area contributed by atoms with E-state index in [1.807, 2.05) is 42.5 Å². The normalized spacial score (nSPS) is 19.7. The molecule has 0 spiro atoms. The fourth-order valence-corrected chi connectivity index (χ4v) is 6.37. The molecule has 0 radical (unpaired) electrons. The average molecular weight is 623 g/mol. The third-order valence-electron chi connectivity index (χ3n) is 8.83. The first-order valence-electron chi connectivity index (χ1n) is 15.8. The summed E-state index contributed by atoms with van der Waals surface area (Å²) in [5.74, 6) is 1.46. The average Bonchev–Trinajstić information content (AvgIpc) is 3.10. The van der Waals surface area contributed by atoms with Gasteiger partial charge in [0.25, 0.3) is 0 Å². The Balaban J connectivity index is 1.24. The van der Waals surface area contributed by atoms with E-state index in [9.17, 15) is 9.90 Å². The number of aliphatic hydroxyl groups excluding tert-OH is 1.